The molecule has 0 heterocycles. The number of halogens is 6. The van der Waals surface area contributed by atoms with E-state index >= 15 is 0 Å². The second-order valence-corrected chi connectivity index (χ2v) is 6.64. The standard InChI is InChI=1S/C22H17F6NO4.C2H6/c23-21(24,25)20(30)14-29(33-19-11-5-10-18(13-19)32-22(26,27)28)15-6-4-9-17(12-15)31-16-7-2-1-3-8-16;1-2/h1-13,20,30H,14H2;1-2H3/t20-;/m1./s1. The summed E-state index contributed by atoms with van der Waals surface area (Å²) < 4.78 is 85.8. The molecule has 0 radical (unpaired) electrons. The van der Waals surface area contributed by atoms with Gasteiger partial charge in [0.05, 0.1) is 12.2 Å². The van der Waals surface area contributed by atoms with Gasteiger partial charge in [-0.25, -0.2) is 5.06 Å². The van der Waals surface area contributed by atoms with E-state index in [0.717, 1.165) is 12.1 Å². The van der Waals surface area contributed by atoms with Gasteiger partial charge in [0, 0.05) is 12.1 Å². The Hall–Kier alpha value is -3.60. The highest BCUT2D eigenvalue weighted by Crippen LogP contribution is 2.31. The van der Waals surface area contributed by atoms with Crippen molar-refractivity contribution in [1.82, 2.24) is 0 Å². The minimum atomic E-state index is -4.96. The number of benzene rings is 3. The van der Waals surface area contributed by atoms with E-state index in [-0.39, 0.29) is 17.2 Å². The molecule has 190 valence electrons. The van der Waals surface area contributed by atoms with Gasteiger partial charge in [-0.15, -0.1) is 13.2 Å². The van der Waals surface area contributed by atoms with Crippen LogP contribution in [0.3, 0.4) is 0 Å². The first-order chi connectivity index (χ1) is 16.5. The van der Waals surface area contributed by atoms with Crippen LogP contribution in [-0.4, -0.2) is 30.3 Å². The summed E-state index contributed by atoms with van der Waals surface area (Å²) in [6.45, 7) is 2.93. The van der Waals surface area contributed by atoms with E-state index in [1.807, 2.05) is 13.8 Å². The fourth-order valence-electron chi connectivity index (χ4n) is 2.64. The lowest BCUT2D eigenvalue weighted by Gasteiger charge is -2.28. The number of anilines is 1. The molecule has 0 aliphatic heterocycles. The molecule has 0 saturated heterocycles. The SMILES string of the molecule is CC.O[C@H](CN(Oc1cccc(OC(F)(F)F)c1)c1cccc(Oc2ccccc2)c1)C(F)(F)F. The number of rotatable bonds is 8. The monoisotopic (exact) mass is 503 g/mol. The fourth-order valence-corrected chi connectivity index (χ4v) is 2.64. The Kier molecular flexibility index (Phi) is 9.64. The summed E-state index contributed by atoms with van der Waals surface area (Å²) in [5.41, 5.74) is 0.0499. The average molecular weight is 503 g/mol. The number of aliphatic hydroxyl groups excluding tert-OH is 1. The van der Waals surface area contributed by atoms with Gasteiger partial charge in [-0.2, -0.15) is 13.2 Å². The third kappa shape index (κ3) is 9.28. The van der Waals surface area contributed by atoms with Gasteiger partial charge in [0.15, 0.2) is 11.9 Å². The molecule has 35 heavy (non-hydrogen) atoms. The van der Waals surface area contributed by atoms with Crippen LogP contribution in [0.5, 0.6) is 23.0 Å². The summed E-state index contributed by atoms with van der Waals surface area (Å²) in [5.74, 6) is -0.157. The van der Waals surface area contributed by atoms with Crippen LogP contribution in [0.2, 0.25) is 0 Å². The van der Waals surface area contributed by atoms with Gasteiger partial charge in [-0.1, -0.05) is 44.2 Å². The molecule has 3 aromatic rings. The normalized spacial score (nSPS) is 12.1. The molecule has 0 spiro atoms. The van der Waals surface area contributed by atoms with Crippen LogP contribution in [0.1, 0.15) is 13.8 Å². The van der Waals surface area contributed by atoms with Crippen molar-refractivity contribution in [2.45, 2.75) is 32.5 Å². The molecule has 0 aromatic heterocycles. The Bertz CT molecular complexity index is 1040. The molecule has 0 aliphatic carbocycles. The quantitative estimate of drug-likeness (QED) is 0.262. The Morgan fingerprint density at radius 1 is 0.743 bits per heavy atom. The number of hydroxylamine groups is 1. The van der Waals surface area contributed by atoms with Crippen molar-refractivity contribution in [3.63, 3.8) is 0 Å². The smallest absolute Gasteiger partial charge is 0.457 e. The van der Waals surface area contributed by atoms with Crippen LogP contribution in [0, 0.1) is 0 Å². The Morgan fingerprint density at radius 3 is 1.94 bits per heavy atom. The molecule has 1 N–H and O–H groups in total. The molecule has 0 saturated carbocycles. The highest BCUT2D eigenvalue weighted by molar-refractivity contribution is 5.51. The van der Waals surface area contributed by atoms with Crippen molar-refractivity contribution in [3.8, 4) is 23.0 Å². The third-order valence-electron chi connectivity index (χ3n) is 4.06. The molecule has 1 atom stereocenters. The summed E-state index contributed by atoms with van der Waals surface area (Å²) in [4.78, 5) is 5.40. The molecular weight excluding hydrogens is 480 g/mol. The van der Waals surface area contributed by atoms with Crippen molar-refractivity contribution in [3.05, 3.63) is 78.9 Å². The van der Waals surface area contributed by atoms with E-state index in [4.69, 9.17) is 9.57 Å². The van der Waals surface area contributed by atoms with Gasteiger partial charge in [0.25, 0.3) is 0 Å². The van der Waals surface area contributed by atoms with Crippen LogP contribution in [0.25, 0.3) is 0 Å². The number of nitrogens with zero attached hydrogens (tertiary/aromatic N) is 1. The van der Waals surface area contributed by atoms with Crippen molar-refractivity contribution >= 4 is 5.69 Å². The lowest BCUT2D eigenvalue weighted by atomic mass is 10.2. The molecule has 0 fully saturated rings. The zero-order chi connectivity index (χ0) is 26.1. The summed E-state index contributed by atoms with van der Waals surface area (Å²) >= 11 is 0. The minimum Gasteiger partial charge on any atom is -0.457 e. The van der Waals surface area contributed by atoms with Gasteiger partial charge in [-0.3, -0.25) is 0 Å². The summed E-state index contributed by atoms with van der Waals surface area (Å²) in [7, 11) is 0. The van der Waals surface area contributed by atoms with Gasteiger partial charge >= 0.3 is 12.5 Å². The topological polar surface area (TPSA) is 51.2 Å². The van der Waals surface area contributed by atoms with E-state index in [9.17, 15) is 31.4 Å². The van der Waals surface area contributed by atoms with Gasteiger partial charge < -0.3 is 19.4 Å². The molecule has 3 rings (SSSR count). The maximum absolute atomic E-state index is 13.0. The lowest BCUT2D eigenvalue weighted by Crippen LogP contribution is -2.42. The highest BCUT2D eigenvalue weighted by Gasteiger charge is 2.40. The third-order valence-corrected chi connectivity index (χ3v) is 4.06. The molecule has 3 aromatic carbocycles. The maximum atomic E-state index is 13.0. The van der Waals surface area contributed by atoms with Gasteiger partial charge in [0.2, 0.25) is 0 Å². The van der Waals surface area contributed by atoms with E-state index in [1.54, 1.807) is 36.4 Å². The number of hydrogen-bond donors (Lipinski definition) is 1. The number of ether oxygens (including phenoxy) is 2. The number of hydrogen-bond acceptors (Lipinski definition) is 5. The van der Waals surface area contributed by atoms with E-state index in [0.29, 0.717) is 10.8 Å². The lowest BCUT2D eigenvalue weighted by molar-refractivity contribution is -0.274. The molecule has 0 amide bonds. The Balaban J connectivity index is 0.00000210. The second-order valence-electron chi connectivity index (χ2n) is 6.64. The average Bonchev–Trinajstić information content (AvgIpc) is 2.79. The largest absolute Gasteiger partial charge is 0.573 e. The fraction of sp³-hybridized carbons (Fsp3) is 0.250. The first-order valence-corrected chi connectivity index (χ1v) is 10.4. The van der Waals surface area contributed by atoms with Crippen LogP contribution in [0.4, 0.5) is 32.0 Å². The number of alkyl halides is 6. The van der Waals surface area contributed by atoms with Crippen LogP contribution in [-0.2, 0) is 0 Å². The van der Waals surface area contributed by atoms with Crippen molar-refractivity contribution in [1.29, 1.82) is 0 Å². The molecule has 0 aliphatic rings. The number of para-hydroxylation sites is 1. The van der Waals surface area contributed by atoms with E-state index < -0.39 is 30.9 Å². The van der Waals surface area contributed by atoms with Crippen molar-refractivity contribution in [2.75, 3.05) is 11.6 Å². The van der Waals surface area contributed by atoms with E-state index in [1.165, 1.54) is 30.3 Å². The highest BCUT2D eigenvalue weighted by atomic mass is 19.4. The van der Waals surface area contributed by atoms with Crippen LogP contribution in [0.15, 0.2) is 78.9 Å². The first-order valence-electron chi connectivity index (χ1n) is 10.4. The van der Waals surface area contributed by atoms with Crippen molar-refractivity contribution < 1.29 is 45.8 Å². The first kappa shape index (κ1) is 27.6. The maximum Gasteiger partial charge on any atom is 0.573 e. The summed E-state index contributed by atoms with van der Waals surface area (Å²) in [6, 6.07) is 18.6. The molecule has 11 heteroatoms. The van der Waals surface area contributed by atoms with Gasteiger partial charge in [-0.05, 0) is 36.4 Å². The zero-order valence-electron chi connectivity index (χ0n) is 18.7. The zero-order valence-corrected chi connectivity index (χ0v) is 18.7. The molecule has 0 unspecified atom stereocenters. The molecule has 0 bridgehead atoms. The Morgan fingerprint density at radius 2 is 1.31 bits per heavy atom. The van der Waals surface area contributed by atoms with Gasteiger partial charge in [0.1, 0.15) is 17.2 Å². The van der Waals surface area contributed by atoms with Crippen LogP contribution >= 0.6 is 0 Å². The van der Waals surface area contributed by atoms with Crippen molar-refractivity contribution in [2.24, 2.45) is 0 Å². The summed E-state index contributed by atoms with van der Waals surface area (Å²) in [5, 5.41) is 10.3. The predicted molar refractivity (Wildman–Crippen MR) is 117 cm³/mol. The van der Waals surface area contributed by atoms with Crippen LogP contribution < -0.4 is 19.4 Å². The summed E-state index contributed by atoms with van der Waals surface area (Å²) in [6.07, 6.45) is -12.7. The number of aliphatic hydroxyl groups is 1. The Labute approximate surface area is 198 Å². The minimum absolute atomic E-state index is 0.0499. The molecular formula is C24H23F6NO4. The predicted octanol–water partition coefficient (Wildman–Crippen LogP) is 7.13. The van der Waals surface area contributed by atoms with E-state index in [2.05, 4.69) is 4.74 Å². The molecule has 5 nitrogen and oxygen atoms in total. The second kappa shape index (κ2) is 12.2.